The van der Waals surface area contributed by atoms with E-state index in [0.717, 1.165) is 0 Å². The number of methoxy groups -OCH3 is 1. The van der Waals surface area contributed by atoms with Crippen molar-refractivity contribution in [1.82, 2.24) is 10.6 Å². The zero-order chi connectivity index (χ0) is 23.7. The molecule has 0 fully saturated rings. The Hall–Kier alpha value is -2.16. The van der Waals surface area contributed by atoms with Crippen LogP contribution in [0.15, 0.2) is 48.5 Å². The van der Waals surface area contributed by atoms with Gasteiger partial charge in [0.05, 0.1) is 12.2 Å². The number of aliphatic hydroxyl groups is 2. The molecule has 0 aliphatic rings. The molecule has 150 valence electrons. The van der Waals surface area contributed by atoms with Crippen LogP contribution < -0.4 is 15.4 Å². The fraction of sp³-hybridized carbons (Fsp3) is 0.400. The average Bonchev–Trinajstić information content (AvgIpc) is 2.77. The molecule has 0 heterocycles. The molecule has 0 spiro atoms. The summed E-state index contributed by atoms with van der Waals surface area (Å²) >= 11 is 0. The number of hydrogen-bond donors (Lipinski definition) is 5. The third kappa shape index (κ3) is 8.85. The number of ether oxygens (including phenoxy) is 2. The molecule has 0 aliphatic heterocycles. The van der Waals surface area contributed by atoms with Gasteiger partial charge in [0.15, 0.2) is 6.79 Å². The third-order valence-corrected chi connectivity index (χ3v) is 3.27. The Morgan fingerprint density at radius 2 is 1.52 bits per heavy atom. The largest absolute Gasteiger partial charge is 0.508 e. The zero-order valence-corrected chi connectivity index (χ0v) is 15.6. The van der Waals surface area contributed by atoms with Gasteiger partial charge in [-0.3, -0.25) is 0 Å². The van der Waals surface area contributed by atoms with Crippen molar-refractivity contribution in [3.8, 4) is 11.5 Å². The first-order valence-electron chi connectivity index (χ1n) is 10.2. The summed E-state index contributed by atoms with van der Waals surface area (Å²) in [6, 6.07) is 12.5. The van der Waals surface area contributed by atoms with E-state index in [-0.39, 0.29) is 12.5 Å². The lowest BCUT2D eigenvalue weighted by atomic mass is 10.1. The highest BCUT2D eigenvalue weighted by Crippen LogP contribution is 2.19. The quantitative estimate of drug-likeness (QED) is 0.420. The molecule has 2 aromatic rings. The van der Waals surface area contributed by atoms with Crippen LogP contribution in [0.2, 0.25) is 0 Å². The van der Waals surface area contributed by atoms with Gasteiger partial charge in [-0.05, 0) is 49.5 Å². The lowest BCUT2D eigenvalue weighted by Crippen LogP contribution is -2.16. The molecule has 27 heavy (non-hydrogen) atoms. The number of phenolic OH excluding ortho intramolecular Hbond substituents is 1. The van der Waals surface area contributed by atoms with Crippen LogP contribution in [-0.4, -0.2) is 56.3 Å². The molecule has 7 nitrogen and oxygen atoms in total. The molecule has 7 heteroatoms. The van der Waals surface area contributed by atoms with Crippen LogP contribution in [0, 0.1) is 0 Å². The summed E-state index contributed by atoms with van der Waals surface area (Å²) in [4.78, 5) is 0. The van der Waals surface area contributed by atoms with Gasteiger partial charge in [-0.2, -0.15) is 0 Å². The number of hydrogen-bond acceptors (Lipinski definition) is 7. The van der Waals surface area contributed by atoms with E-state index in [1.165, 1.54) is 33.3 Å². The predicted octanol–water partition coefficient (Wildman–Crippen LogP) is 1.57. The summed E-state index contributed by atoms with van der Waals surface area (Å²) in [5.74, 6) is 0.531. The molecule has 0 aromatic heterocycles. The highest BCUT2D eigenvalue weighted by atomic mass is 16.7. The number of likely N-dealkylation sites (N-methyl/N-ethyl adjacent to an activating group) is 2. The lowest BCUT2D eigenvalue weighted by molar-refractivity contribution is 0.0508. The van der Waals surface area contributed by atoms with E-state index in [1.807, 2.05) is 0 Å². The number of rotatable bonds is 9. The van der Waals surface area contributed by atoms with E-state index in [1.54, 1.807) is 36.4 Å². The van der Waals surface area contributed by atoms with E-state index in [9.17, 15) is 10.2 Å². The number of aliphatic hydroxyl groups excluding tert-OH is 2. The Morgan fingerprint density at radius 3 is 2.04 bits per heavy atom. The molecule has 0 bridgehead atoms. The maximum atomic E-state index is 9.87. The van der Waals surface area contributed by atoms with Crippen molar-refractivity contribution < 1.29 is 30.3 Å². The Balaban J connectivity index is 0.000000316. The second-order valence-corrected chi connectivity index (χ2v) is 5.31. The summed E-state index contributed by atoms with van der Waals surface area (Å²) in [6.07, 6.45) is -2.57. The zero-order valence-electron chi connectivity index (χ0n) is 19.6. The smallest absolute Gasteiger partial charge is 0.188 e. The first-order chi connectivity index (χ1) is 14.5. The summed E-state index contributed by atoms with van der Waals surface area (Å²) in [5, 5.41) is 33.4. The van der Waals surface area contributed by atoms with Crippen LogP contribution in [0.4, 0.5) is 0 Å². The van der Waals surface area contributed by atoms with E-state index < -0.39 is 25.2 Å². The summed E-state index contributed by atoms with van der Waals surface area (Å²) < 4.78 is 39.9. The van der Waals surface area contributed by atoms with Crippen molar-refractivity contribution in [2.75, 3.05) is 41.0 Å². The Kier molecular flexibility index (Phi) is 8.22. The van der Waals surface area contributed by atoms with Gasteiger partial charge in [0.25, 0.3) is 0 Å². The van der Waals surface area contributed by atoms with Gasteiger partial charge in [0.2, 0.25) is 0 Å². The molecule has 2 rings (SSSR count). The second kappa shape index (κ2) is 13.1. The van der Waals surface area contributed by atoms with Gasteiger partial charge in [-0.1, -0.05) is 24.3 Å². The molecule has 2 atom stereocenters. The average molecular weight is 382 g/mol. The van der Waals surface area contributed by atoms with Crippen LogP contribution in [-0.2, 0) is 4.74 Å². The fourth-order valence-corrected chi connectivity index (χ4v) is 2.04. The molecule has 2 aromatic carbocycles. The van der Waals surface area contributed by atoms with Crippen LogP contribution in [0.3, 0.4) is 0 Å². The van der Waals surface area contributed by atoms with Crippen LogP contribution in [0.1, 0.15) is 28.8 Å². The van der Waals surface area contributed by atoms with Gasteiger partial charge in [-0.15, -0.1) is 0 Å². The summed E-state index contributed by atoms with van der Waals surface area (Å²) in [5.41, 5.74) is 0.780. The number of aromatic hydroxyl groups is 1. The lowest BCUT2D eigenvalue weighted by Gasteiger charge is -2.12. The van der Waals surface area contributed by atoms with Crippen LogP contribution in [0.5, 0.6) is 11.5 Å². The van der Waals surface area contributed by atoms with Gasteiger partial charge < -0.3 is 35.4 Å². The summed E-state index contributed by atoms with van der Waals surface area (Å²) in [6.45, 7) is -3.69. The Morgan fingerprint density at radius 1 is 0.963 bits per heavy atom. The molecule has 0 aliphatic carbocycles. The minimum Gasteiger partial charge on any atom is -0.508 e. The van der Waals surface area contributed by atoms with Gasteiger partial charge in [-0.25, -0.2) is 0 Å². The molecule has 0 saturated heterocycles. The highest BCUT2D eigenvalue weighted by molar-refractivity contribution is 5.30. The van der Waals surface area contributed by atoms with E-state index in [4.69, 9.17) is 20.1 Å². The van der Waals surface area contributed by atoms with Crippen molar-refractivity contribution in [2.24, 2.45) is 0 Å². The van der Waals surface area contributed by atoms with Crippen molar-refractivity contribution >= 4 is 0 Å². The molecular weight excluding hydrogens is 348 g/mol. The first kappa shape index (κ1) is 17.0. The Bertz CT molecular complexity index is 811. The minimum absolute atomic E-state index is 0.00783. The minimum atomic E-state index is -1.91. The number of benzene rings is 2. The van der Waals surface area contributed by atoms with E-state index >= 15 is 0 Å². The monoisotopic (exact) mass is 382 g/mol. The predicted molar refractivity (Wildman–Crippen MR) is 105 cm³/mol. The molecule has 0 radical (unpaired) electrons. The molecule has 0 unspecified atom stereocenters. The number of nitrogens with one attached hydrogen (secondary N) is 2. The standard InChI is InChI=1S/C11H17NO3.C9H13NO2/c1-12-7-11(13)9-4-3-5-10(6-9)15-8-14-2;1-10-6-9(12)7-3-2-4-8(11)5-7/h3-6,11-13H,7-8H2,1-2H3;2-5,9-12H,6H2,1H3/t11-;9-/m00/s1/i7D2;6D2. The van der Waals surface area contributed by atoms with Gasteiger partial charge >= 0.3 is 0 Å². The topological polar surface area (TPSA) is 103 Å². The molecule has 5 N–H and O–H groups in total. The normalized spacial score (nSPS) is 15.9. The van der Waals surface area contributed by atoms with Crippen molar-refractivity contribution in [1.29, 1.82) is 0 Å². The van der Waals surface area contributed by atoms with Crippen LogP contribution >= 0.6 is 0 Å². The van der Waals surface area contributed by atoms with Crippen molar-refractivity contribution in [3.63, 3.8) is 0 Å². The third-order valence-electron chi connectivity index (χ3n) is 3.27. The summed E-state index contributed by atoms with van der Waals surface area (Å²) in [7, 11) is 4.39. The van der Waals surface area contributed by atoms with Gasteiger partial charge in [0, 0.05) is 25.6 Å². The number of phenols is 1. The van der Waals surface area contributed by atoms with Crippen molar-refractivity contribution in [3.05, 3.63) is 59.7 Å². The van der Waals surface area contributed by atoms with E-state index in [0.29, 0.717) is 16.9 Å². The SMILES string of the molecule is [2H]C([2H])(NC)[C@H](O)c1cccc(O)c1.[2H]C([2H])(NC)[C@H](O)c1cccc(OCOC)c1. The fourth-order valence-electron chi connectivity index (χ4n) is 2.04. The van der Waals surface area contributed by atoms with E-state index in [2.05, 4.69) is 10.6 Å². The highest BCUT2D eigenvalue weighted by Gasteiger charge is 2.07. The maximum absolute atomic E-state index is 9.87. The Labute approximate surface area is 166 Å². The van der Waals surface area contributed by atoms with Crippen molar-refractivity contribution in [2.45, 2.75) is 12.2 Å². The van der Waals surface area contributed by atoms with Crippen LogP contribution in [0.25, 0.3) is 0 Å². The molecule has 0 saturated carbocycles. The maximum Gasteiger partial charge on any atom is 0.188 e. The second-order valence-electron chi connectivity index (χ2n) is 5.31. The van der Waals surface area contributed by atoms with Gasteiger partial charge in [0.1, 0.15) is 11.5 Å². The molecular formula is C20H30N2O5. The molecule has 0 amide bonds. The first-order valence-corrected chi connectivity index (χ1v) is 8.23.